The summed E-state index contributed by atoms with van der Waals surface area (Å²) in [5.41, 5.74) is 2.02. The summed E-state index contributed by atoms with van der Waals surface area (Å²) in [6.07, 6.45) is 7.90. The van der Waals surface area contributed by atoms with Gasteiger partial charge >= 0.3 is 0 Å². The molecule has 2 rings (SSSR count). The SMILES string of the molecule is CC/C=C(/C)C(=O)N(C)C1CCN(CCc2ccccn2)CC1. The molecular weight excluding hydrogens is 286 g/mol. The van der Waals surface area contributed by atoms with Crippen LogP contribution in [-0.4, -0.2) is 53.4 Å². The van der Waals surface area contributed by atoms with E-state index in [9.17, 15) is 4.79 Å². The first-order valence-electron chi connectivity index (χ1n) is 8.68. The van der Waals surface area contributed by atoms with Crippen LogP contribution in [0.4, 0.5) is 0 Å². The van der Waals surface area contributed by atoms with E-state index >= 15 is 0 Å². The van der Waals surface area contributed by atoms with Gasteiger partial charge in [0.05, 0.1) is 0 Å². The van der Waals surface area contributed by atoms with Crippen LogP contribution in [0.3, 0.4) is 0 Å². The van der Waals surface area contributed by atoms with Gasteiger partial charge in [-0.1, -0.05) is 19.1 Å². The Balaban J connectivity index is 1.77. The predicted molar refractivity (Wildman–Crippen MR) is 94.2 cm³/mol. The summed E-state index contributed by atoms with van der Waals surface area (Å²) in [6, 6.07) is 6.45. The van der Waals surface area contributed by atoms with E-state index in [2.05, 4.69) is 22.9 Å². The van der Waals surface area contributed by atoms with Crippen LogP contribution in [0.1, 0.15) is 38.8 Å². The molecular formula is C19H29N3O. The summed E-state index contributed by atoms with van der Waals surface area (Å²) in [6.45, 7) is 7.16. The van der Waals surface area contributed by atoms with Crippen LogP contribution in [0.5, 0.6) is 0 Å². The number of aromatic nitrogens is 1. The lowest BCUT2D eigenvalue weighted by molar-refractivity contribution is -0.128. The molecule has 2 heterocycles. The van der Waals surface area contributed by atoms with E-state index in [1.54, 1.807) is 0 Å². The molecule has 23 heavy (non-hydrogen) atoms. The molecule has 4 nitrogen and oxygen atoms in total. The van der Waals surface area contributed by atoms with Crippen molar-refractivity contribution >= 4 is 5.91 Å². The van der Waals surface area contributed by atoms with Gasteiger partial charge in [-0.15, -0.1) is 0 Å². The minimum Gasteiger partial charge on any atom is -0.339 e. The topological polar surface area (TPSA) is 36.4 Å². The molecule has 0 unspecified atom stereocenters. The summed E-state index contributed by atoms with van der Waals surface area (Å²) in [7, 11) is 1.95. The Morgan fingerprint density at radius 1 is 1.39 bits per heavy atom. The molecule has 1 aromatic heterocycles. The summed E-state index contributed by atoms with van der Waals surface area (Å²) < 4.78 is 0. The van der Waals surface area contributed by atoms with Crippen LogP contribution >= 0.6 is 0 Å². The van der Waals surface area contributed by atoms with E-state index < -0.39 is 0 Å². The van der Waals surface area contributed by atoms with Crippen molar-refractivity contribution in [3.63, 3.8) is 0 Å². The van der Waals surface area contributed by atoms with Crippen LogP contribution < -0.4 is 0 Å². The number of rotatable bonds is 6. The molecule has 1 amide bonds. The van der Waals surface area contributed by atoms with Crippen molar-refractivity contribution in [2.75, 3.05) is 26.7 Å². The number of nitrogens with zero attached hydrogens (tertiary/aromatic N) is 3. The Morgan fingerprint density at radius 2 is 2.13 bits per heavy atom. The fourth-order valence-electron chi connectivity index (χ4n) is 3.19. The lowest BCUT2D eigenvalue weighted by atomic mass is 10.0. The van der Waals surface area contributed by atoms with Crippen molar-refractivity contribution in [3.8, 4) is 0 Å². The maximum absolute atomic E-state index is 12.4. The summed E-state index contributed by atoms with van der Waals surface area (Å²) in [5, 5.41) is 0. The molecule has 1 fully saturated rings. The van der Waals surface area contributed by atoms with Crippen LogP contribution in [0, 0.1) is 0 Å². The standard InChI is InChI=1S/C19H29N3O/c1-4-7-16(2)19(23)21(3)18-10-14-22(15-11-18)13-9-17-8-5-6-12-20-17/h5-8,12,18H,4,9-11,13-15H2,1-3H3/b16-7-. The zero-order valence-corrected chi connectivity index (χ0v) is 14.7. The molecule has 4 heteroatoms. The van der Waals surface area contributed by atoms with Gasteiger partial charge in [0.2, 0.25) is 5.91 Å². The van der Waals surface area contributed by atoms with Crippen molar-refractivity contribution in [2.24, 2.45) is 0 Å². The number of amides is 1. The number of likely N-dealkylation sites (N-methyl/N-ethyl adjacent to an activating group) is 1. The molecule has 0 aromatic carbocycles. The average Bonchev–Trinajstić information content (AvgIpc) is 2.60. The van der Waals surface area contributed by atoms with Gasteiger partial charge in [0.25, 0.3) is 0 Å². The first kappa shape index (κ1) is 17.7. The van der Waals surface area contributed by atoms with E-state index in [0.29, 0.717) is 6.04 Å². The maximum atomic E-state index is 12.4. The molecule has 0 aliphatic carbocycles. The van der Waals surface area contributed by atoms with Crippen molar-refractivity contribution < 1.29 is 4.79 Å². The molecule has 0 radical (unpaired) electrons. The molecule has 0 spiro atoms. The van der Waals surface area contributed by atoms with Gasteiger partial charge < -0.3 is 9.80 Å². The average molecular weight is 315 g/mol. The first-order valence-corrected chi connectivity index (χ1v) is 8.68. The molecule has 0 saturated carbocycles. The Bertz CT molecular complexity index is 519. The number of allylic oxidation sites excluding steroid dienone is 1. The van der Waals surface area contributed by atoms with Crippen LogP contribution in [-0.2, 0) is 11.2 Å². The highest BCUT2D eigenvalue weighted by Gasteiger charge is 2.25. The Kier molecular flexibility index (Phi) is 6.78. The Labute approximate surface area is 140 Å². The summed E-state index contributed by atoms with van der Waals surface area (Å²) in [5.74, 6) is 0.179. The Morgan fingerprint density at radius 3 is 2.74 bits per heavy atom. The van der Waals surface area contributed by atoms with Gasteiger partial charge in [-0.2, -0.15) is 0 Å². The largest absolute Gasteiger partial charge is 0.339 e. The van der Waals surface area contributed by atoms with Crippen LogP contribution in [0.15, 0.2) is 36.0 Å². The minimum absolute atomic E-state index is 0.179. The molecule has 0 bridgehead atoms. The number of likely N-dealkylation sites (tertiary alicyclic amines) is 1. The van der Waals surface area contributed by atoms with Gasteiger partial charge in [0.1, 0.15) is 0 Å². The summed E-state index contributed by atoms with van der Waals surface area (Å²) >= 11 is 0. The second kappa shape index (κ2) is 8.82. The molecule has 1 aliphatic rings. The number of piperidine rings is 1. The third-order valence-electron chi connectivity index (χ3n) is 4.68. The van der Waals surface area contributed by atoms with Gasteiger partial charge in [0.15, 0.2) is 0 Å². The fraction of sp³-hybridized carbons (Fsp3) is 0.579. The van der Waals surface area contributed by atoms with Gasteiger partial charge in [-0.25, -0.2) is 0 Å². The van der Waals surface area contributed by atoms with E-state index in [0.717, 1.165) is 56.6 Å². The van der Waals surface area contributed by atoms with E-state index in [1.165, 1.54) is 0 Å². The zero-order valence-electron chi connectivity index (χ0n) is 14.7. The number of carbonyl (C=O) groups excluding carboxylic acids is 1. The fourth-order valence-corrected chi connectivity index (χ4v) is 3.19. The number of hydrogen-bond donors (Lipinski definition) is 0. The Hall–Kier alpha value is -1.68. The lowest BCUT2D eigenvalue weighted by Crippen LogP contribution is -2.46. The van der Waals surface area contributed by atoms with Gasteiger partial charge in [0, 0.05) is 56.6 Å². The highest BCUT2D eigenvalue weighted by Crippen LogP contribution is 2.17. The van der Waals surface area contributed by atoms with Crippen molar-refractivity contribution in [1.82, 2.24) is 14.8 Å². The maximum Gasteiger partial charge on any atom is 0.249 e. The first-order chi connectivity index (χ1) is 11.1. The highest BCUT2D eigenvalue weighted by molar-refractivity contribution is 5.92. The highest BCUT2D eigenvalue weighted by atomic mass is 16.2. The number of carbonyl (C=O) groups is 1. The second-order valence-corrected chi connectivity index (χ2v) is 6.36. The number of pyridine rings is 1. The van der Waals surface area contributed by atoms with E-state index in [4.69, 9.17) is 0 Å². The second-order valence-electron chi connectivity index (χ2n) is 6.36. The summed E-state index contributed by atoms with van der Waals surface area (Å²) in [4.78, 5) is 21.2. The quantitative estimate of drug-likeness (QED) is 0.757. The molecule has 1 aliphatic heterocycles. The third kappa shape index (κ3) is 5.17. The molecule has 1 aromatic rings. The van der Waals surface area contributed by atoms with Gasteiger partial charge in [-0.05, 0) is 38.3 Å². The predicted octanol–water partition coefficient (Wildman–Crippen LogP) is 2.90. The van der Waals surface area contributed by atoms with Crippen molar-refractivity contribution in [3.05, 3.63) is 41.7 Å². The smallest absolute Gasteiger partial charge is 0.249 e. The molecule has 0 N–H and O–H groups in total. The monoisotopic (exact) mass is 315 g/mol. The third-order valence-corrected chi connectivity index (χ3v) is 4.68. The van der Waals surface area contributed by atoms with E-state index in [-0.39, 0.29) is 5.91 Å². The van der Waals surface area contributed by atoms with Crippen molar-refractivity contribution in [1.29, 1.82) is 0 Å². The van der Waals surface area contributed by atoms with Crippen molar-refractivity contribution in [2.45, 2.75) is 45.6 Å². The lowest BCUT2D eigenvalue weighted by Gasteiger charge is -2.37. The van der Waals surface area contributed by atoms with Crippen LogP contribution in [0.2, 0.25) is 0 Å². The minimum atomic E-state index is 0.179. The normalized spacial score (nSPS) is 17.3. The molecule has 126 valence electrons. The molecule has 0 atom stereocenters. The van der Waals surface area contributed by atoms with E-state index in [1.807, 2.05) is 43.3 Å². The zero-order chi connectivity index (χ0) is 16.7. The van der Waals surface area contributed by atoms with Gasteiger partial charge in [-0.3, -0.25) is 9.78 Å². The molecule has 1 saturated heterocycles. The number of hydrogen-bond acceptors (Lipinski definition) is 3. The van der Waals surface area contributed by atoms with Crippen LogP contribution in [0.25, 0.3) is 0 Å².